The number of nitrogens with one attached hydrogen (secondary N) is 1. The van der Waals surface area contributed by atoms with E-state index in [9.17, 15) is 9.59 Å². The van der Waals surface area contributed by atoms with E-state index in [1.165, 1.54) is 30.4 Å². The fraction of sp³-hybridized carbons (Fsp3) is 0.667. The first-order valence-corrected chi connectivity index (χ1v) is 11.2. The van der Waals surface area contributed by atoms with Gasteiger partial charge in [-0.2, -0.15) is 0 Å². The van der Waals surface area contributed by atoms with Crippen molar-refractivity contribution in [2.45, 2.75) is 64.7 Å². The van der Waals surface area contributed by atoms with Crippen molar-refractivity contribution in [2.75, 3.05) is 18.0 Å². The molecule has 0 radical (unpaired) electrons. The minimum absolute atomic E-state index is 0.118. The Balaban J connectivity index is 1.19. The van der Waals surface area contributed by atoms with Crippen LogP contribution in [0.15, 0.2) is 18.2 Å². The Morgan fingerprint density at radius 3 is 2.46 bits per heavy atom. The molecule has 0 saturated heterocycles. The first-order valence-electron chi connectivity index (χ1n) is 11.2. The van der Waals surface area contributed by atoms with Crippen LogP contribution in [0.1, 0.15) is 62.5 Å². The van der Waals surface area contributed by atoms with Gasteiger partial charge in [0.05, 0.1) is 0 Å². The molecular formula is C24H32N2O2. The standard InChI is InChI=1S/C24H32N2O2/c1-16-4-5-21-20(9-16)3-2-8-26(21)22(27)6-7-25-23(28)24-13-17-10-18(14-24)12-19(11-17)15-24/h4-5,9,17-19H,2-3,6-8,10-15H2,1H3,(H,25,28). The van der Waals surface area contributed by atoms with Gasteiger partial charge < -0.3 is 10.2 Å². The van der Waals surface area contributed by atoms with E-state index in [0.29, 0.717) is 13.0 Å². The van der Waals surface area contributed by atoms with Crippen molar-refractivity contribution in [1.29, 1.82) is 0 Å². The topological polar surface area (TPSA) is 49.4 Å². The number of benzene rings is 1. The smallest absolute Gasteiger partial charge is 0.228 e. The number of carbonyl (C=O) groups excluding carboxylic acids is 2. The van der Waals surface area contributed by atoms with Gasteiger partial charge in [0, 0.05) is 30.6 Å². The fourth-order valence-corrected chi connectivity index (χ4v) is 6.98. The summed E-state index contributed by atoms with van der Waals surface area (Å²) in [4.78, 5) is 27.8. The van der Waals surface area contributed by atoms with Gasteiger partial charge in [-0.1, -0.05) is 17.7 Å². The molecule has 150 valence electrons. The molecule has 1 aromatic carbocycles. The van der Waals surface area contributed by atoms with Crippen molar-refractivity contribution in [3.63, 3.8) is 0 Å². The Kier molecular flexibility index (Phi) is 4.48. The quantitative estimate of drug-likeness (QED) is 0.858. The summed E-state index contributed by atoms with van der Waals surface area (Å²) < 4.78 is 0. The van der Waals surface area contributed by atoms with Crippen LogP contribution in [0.25, 0.3) is 0 Å². The number of anilines is 1. The van der Waals surface area contributed by atoms with Crippen molar-refractivity contribution in [2.24, 2.45) is 23.2 Å². The molecule has 4 saturated carbocycles. The highest BCUT2D eigenvalue weighted by Gasteiger charge is 2.54. The second kappa shape index (κ2) is 6.89. The molecular weight excluding hydrogens is 348 g/mol. The van der Waals surface area contributed by atoms with E-state index in [1.54, 1.807) is 0 Å². The van der Waals surface area contributed by atoms with E-state index < -0.39 is 0 Å². The zero-order valence-electron chi connectivity index (χ0n) is 17.0. The number of rotatable bonds is 4. The van der Waals surface area contributed by atoms with Gasteiger partial charge in [-0.25, -0.2) is 0 Å². The van der Waals surface area contributed by atoms with Crippen LogP contribution < -0.4 is 10.2 Å². The number of amides is 2. The second-order valence-electron chi connectivity index (χ2n) is 9.98. The van der Waals surface area contributed by atoms with Crippen LogP contribution in [0.4, 0.5) is 5.69 Å². The molecule has 0 atom stereocenters. The lowest BCUT2D eigenvalue weighted by atomic mass is 9.49. The lowest BCUT2D eigenvalue weighted by molar-refractivity contribution is -0.146. The average molecular weight is 381 g/mol. The summed E-state index contributed by atoms with van der Waals surface area (Å²) in [6, 6.07) is 6.36. The van der Waals surface area contributed by atoms with E-state index in [1.807, 2.05) is 4.90 Å². The van der Waals surface area contributed by atoms with Gasteiger partial charge in [-0.15, -0.1) is 0 Å². The van der Waals surface area contributed by atoms with Crippen molar-refractivity contribution in [3.05, 3.63) is 29.3 Å². The third kappa shape index (κ3) is 3.15. The van der Waals surface area contributed by atoms with Gasteiger partial charge in [0.25, 0.3) is 0 Å². The zero-order chi connectivity index (χ0) is 19.3. The van der Waals surface area contributed by atoms with Crippen LogP contribution in [-0.2, 0) is 16.0 Å². The molecule has 4 nitrogen and oxygen atoms in total. The van der Waals surface area contributed by atoms with Gasteiger partial charge in [0.2, 0.25) is 11.8 Å². The SMILES string of the molecule is Cc1ccc2c(c1)CCCN2C(=O)CCNC(=O)C12CC3CC(CC(C3)C1)C2. The predicted octanol–water partition coefficient (Wildman–Crippen LogP) is 4.00. The minimum Gasteiger partial charge on any atom is -0.355 e. The molecule has 0 spiro atoms. The summed E-state index contributed by atoms with van der Waals surface area (Å²) >= 11 is 0. The van der Waals surface area contributed by atoms with Crippen LogP contribution >= 0.6 is 0 Å². The molecule has 1 aromatic rings. The van der Waals surface area contributed by atoms with Gasteiger partial charge >= 0.3 is 0 Å². The van der Waals surface area contributed by atoms with Crippen LogP contribution in [0.3, 0.4) is 0 Å². The Hall–Kier alpha value is -1.84. The number of hydrogen-bond donors (Lipinski definition) is 1. The summed E-state index contributed by atoms with van der Waals surface area (Å²) in [7, 11) is 0. The summed E-state index contributed by atoms with van der Waals surface area (Å²) in [5.74, 6) is 2.68. The van der Waals surface area contributed by atoms with Crippen molar-refractivity contribution < 1.29 is 9.59 Å². The highest BCUT2D eigenvalue weighted by molar-refractivity contribution is 5.95. The number of aryl methyl sites for hydroxylation is 2. The van der Waals surface area contributed by atoms with Gasteiger partial charge in [-0.05, 0) is 87.7 Å². The molecule has 4 fully saturated rings. The maximum Gasteiger partial charge on any atom is 0.228 e. The molecule has 4 bridgehead atoms. The van der Waals surface area contributed by atoms with Crippen molar-refractivity contribution in [3.8, 4) is 0 Å². The zero-order valence-corrected chi connectivity index (χ0v) is 17.0. The van der Waals surface area contributed by atoms with E-state index in [4.69, 9.17) is 0 Å². The largest absolute Gasteiger partial charge is 0.355 e. The molecule has 28 heavy (non-hydrogen) atoms. The number of carbonyl (C=O) groups is 2. The molecule has 4 aliphatic carbocycles. The van der Waals surface area contributed by atoms with E-state index >= 15 is 0 Å². The minimum atomic E-state index is -0.118. The Morgan fingerprint density at radius 1 is 1.11 bits per heavy atom. The van der Waals surface area contributed by atoms with E-state index in [2.05, 4.69) is 30.4 Å². The average Bonchev–Trinajstić information content (AvgIpc) is 2.66. The summed E-state index contributed by atoms with van der Waals surface area (Å²) in [6.07, 6.45) is 9.74. The van der Waals surface area contributed by atoms with Gasteiger partial charge in [0.15, 0.2) is 0 Å². The van der Waals surface area contributed by atoms with Crippen molar-refractivity contribution in [1.82, 2.24) is 5.32 Å². The number of fused-ring (bicyclic) bond motifs is 1. The lowest BCUT2D eigenvalue weighted by Gasteiger charge is -2.55. The third-order valence-electron chi connectivity index (χ3n) is 7.80. The maximum absolute atomic E-state index is 13.1. The van der Waals surface area contributed by atoms with Crippen molar-refractivity contribution >= 4 is 17.5 Å². The maximum atomic E-state index is 13.1. The molecule has 1 aliphatic heterocycles. The summed E-state index contributed by atoms with van der Waals surface area (Å²) in [5.41, 5.74) is 3.47. The summed E-state index contributed by atoms with van der Waals surface area (Å²) in [6.45, 7) is 3.36. The third-order valence-corrected chi connectivity index (χ3v) is 7.80. The first kappa shape index (κ1) is 18.2. The van der Waals surface area contributed by atoms with Crippen LogP contribution in [-0.4, -0.2) is 24.9 Å². The highest BCUT2D eigenvalue weighted by atomic mass is 16.2. The monoisotopic (exact) mass is 380 g/mol. The highest BCUT2D eigenvalue weighted by Crippen LogP contribution is 2.60. The molecule has 1 N–H and O–H groups in total. The summed E-state index contributed by atoms with van der Waals surface area (Å²) in [5, 5.41) is 3.16. The molecule has 0 unspecified atom stereocenters. The Morgan fingerprint density at radius 2 is 1.79 bits per heavy atom. The Labute approximate surface area is 168 Å². The van der Waals surface area contributed by atoms with Crippen LogP contribution in [0.5, 0.6) is 0 Å². The molecule has 4 heteroatoms. The van der Waals surface area contributed by atoms with E-state index in [0.717, 1.165) is 62.1 Å². The molecule has 5 aliphatic rings. The lowest BCUT2D eigenvalue weighted by Crippen LogP contribution is -2.53. The molecule has 0 aromatic heterocycles. The normalized spacial score (nSPS) is 32.9. The van der Waals surface area contributed by atoms with Crippen LogP contribution in [0.2, 0.25) is 0 Å². The van der Waals surface area contributed by atoms with E-state index in [-0.39, 0.29) is 17.2 Å². The molecule has 6 rings (SSSR count). The fourth-order valence-electron chi connectivity index (χ4n) is 6.98. The first-order chi connectivity index (χ1) is 13.5. The predicted molar refractivity (Wildman–Crippen MR) is 110 cm³/mol. The molecule has 1 heterocycles. The number of nitrogens with zero attached hydrogens (tertiary/aromatic N) is 1. The molecule has 2 amide bonds. The van der Waals surface area contributed by atoms with Gasteiger partial charge in [0.1, 0.15) is 0 Å². The second-order valence-corrected chi connectivity index (χ2v) is 9.98. The van der Waals surface area contributed by atoms with Crippen LogP contribution in [0, 0.1) is 30.1 Å². The number of hydrogen-bond acceptors (Lipinski definition) is 2. The Bertz CT molecular complexity index is 765. The van der Waals surface area contributed by atoms with Gasteiger partial charge in [-0.3, -0.25) is 9.59 Å².